The third kappa shape index (κ3) is 6.03. The van der Waals surface area contributed by atoms with Crippen LogP contribution in [-0.4, -0.2) is 19.8 Å². The first-order valence-electron chi connectivity index (χ1n) is 2.60. The van der Waals surface area contributed by atoms with Crippen molar-refractivity contribution in [1.82, 2.24) is 9.55 Å². The van der Waals surface area contributed by atoms with Crippen LogP contribution in [0.25, 0.3) is 6.20 Å². The van der Waals surface area contributed by atoms with Crippen LogP contribution in [0.5, 0.6) is 0 Å². The minimum absolute atomic E-state index is 1.50. The normalized spacial score (nSPS) is 7.64. The summed E-state index contributed by atoms with van der Waals surface area (Å²) in [5.41, 5.74) is 0. The van der Waals surface area contributed by atoms with Gasteiger partial charge in [0.2, 0.25) is 0 Å². The maximum atomic E-state index is 8.36. The van der Waals surface area contributed by atoms with Gasteiger partial charge in [-0.2, -0.15) is 0 Å². The molecule has 0 aliphatic rings. The fourth-order valence-electron chi connectivity index (χ4n) is 0.377. The Bertz CT molecular complexity index is 215. The zero-order chi connectivity index (χ0) is 8.69. The smallest absolute Gasteiger partial charge is 0.291 e. The molecule has 0 atom stereocenters. The molecule has 1 aromatic heterocycles. The molecular weight excluding hydrogens is 150 g/mol. The Balaban J connectivity index is 0.000000218. The van der Waals surface area contributed by atoms with Gasteiger partial charge in [-0.1, -0.05) is 6.58 Å². The molecule has 60 valence electrons. The van der Waals surface area contributed by atoms with Crippen LogP contribution in [0, 0.1) is 10.1 Å². The Hall–Kier alpha value is -1.85. The molecule has 0 unspecified atom stereocenters. The Morgan fingerprint density at radius 2 is 2.36 bits per heavy atom. The van der Waals surface area contributed by atoms with Gasteiger partial charge >= 0.3 is 0 Å². The Labute approximate surface area is 62.5 Å². The van der Waals surface area contributed by atoms with Gasteiger partial charge in [-0.3, -0.25) is 0 Å². The average molecular weight is 157 g/mol. The summed E-state index contributed by atoms with van der Waals surface area (Å²) >= 11 is 0. The van der Waals surface area contributed by atoms with Crippen LogP contribution in [0.3, 0.4) is 0 Å². The largest absolute Gasteiger partial charge is 0.328 e. The molecule has 11 heavy (non-hydrogen) atoms. The topological polar surface area (TPSA) is 81.2 Å². The lowest BCUT2D eigenvalue weighted by Crippen LogP contribution is -1.81. The second kappa shape index (κ2) is 4.98. The molecule has 0 aliphatic carbocycles. The van der Waals surface area contributed by atoms with E-state index < -0.39 is 5.09 Å². The number of hydrogen-bond donors (Lipinski definition) is 1. The summed E-state index contributed by atoms with van der Waals surface area (Å²) < 4.78 is 1.78. The van der Waals surface area contributed by atoms with Crippen molar-refractivity contribution in [1.29, 1.82) is 0 Å². The Morgan fingerprint density at radius 1 is 1.82 bits per heavy atom. The van der Waals surface area contributed by atoms with E-state index in [1.165, 1.54) is 0 Å². The molecule has 0 aromatic carbocycles. The first-order valence-corrected chi connectivity index (χ1v) is 2.60. The molecule has 1 N–H and O–H groups in total. The predicted molar refractivity (Wildman–Crippen MR) is 37.4 cm³/mol. The highest BCUT2D eigenvalue weighted by Gasteiger charge is 1.73. The fourth-order valence-corrected chi connectivity index (χ4v) is 0.377. The quantitative estimate of drug-likeness (QED) is 0.479. The number of hydrogen-bond acceptors (Lipinski definition) is 3. The van der Waals surface area contributed by atoms with Crippen molar-refractivity contribution in [2.24, 2.45) is 0 Å². The van der Waals surface area contributed by atoms with Crippen LogP contribution >= 0.6 is 0 Å². The van der Waals surface area contributed by atoms with Gasteiger partial charge in [0, 0.05) is 18.6 Å². The van der Waals surface area contributed by atoms with Crippen LogP contribution in [0.1, 0.15) is 0 Å². The number of rotatable bonds is 1. The van der Waals surface area contributed by atoms with E-state index in [-0.39, 0.29) is 0 Å². The van der Waals surface area contributed by atoms with Crippen LogP contribution < -0.4 is 0 Å². The molecule has 0 bridgehead atoms. The van der Waals surface area contributed by atoms with Crippen molar-refractivity contribution in [3.8, 4) is 0 Å². The molecule has 0 radical (unpaired) electrons. The van der Waals surface area contributed by atoms with Crippen LogP contribution in [0.15, 0.2) is 25.3 Å². The Morgan fingerprint density at radius 3 is 2.55 bits per heavy atom. The van der Waals surface area contributed by atoms with Gasteiger partial charge < -0.3 is 9.77 Å². The van der Waals surface area contributed by atoms with Crippen molar-refractivity contribution in [2.45, 2.75) is 0 Å². The van der Waals surface area contributed by atoms with E-state index in [1.54, 1.807) is 23.3 Å². The van der Waals surface area contributed by atoms with Crippen molar-refractivity contribution in [3.05, 3.63) is 35.4 Å². The third-order valence-electron chi connectivity index (χ3n) is 0.736. The van der Waals surface area contributed by atoms with E-state index >= 15 is 0 Å². The minimum Gasteiger partial charge on any atom is -0.328 e. The standard InChI is InChI=1S/C5H6N2.HNO3/c1-2-7-4-3-6-5-7;2-1(3)4/h2-5H,1H2;(H,2,3,4). The zero-order valence-corrected chi connectivity index (χ0v) is 5.62. The highest BCUT2D eigenvalue weighted by molar-refractivity contribution is 5.14. The van der Waals surface area contributed by atoms with Gasteiger partial charge in [-0.25, -0.2) is 4.98 Å². The molecule has 1 aromatic rings. The van der Waals surface area contributed by atoms with E-state index in [9.17, 15) is 0 Å². The summed E-state index contributed by atoms with van der Waals surface area (Å²) in [7, 11) is 0. The van der Waals surface area contributed by atoms with E-state index in [1.807, 2.05) is 6.20 Å². The molecule has 0 saturated heterocycles. The van der Waals surface area contributed by atoms with Gasteiger partial charge in [-0.05, 0) is 0 Å². The van der Waals surface area contributed by atoms with Crippen molar-refractivity contribution in [2.75, 3.05) is 0 Å². The molecular formula is C5H7N3O3. The summed E-state index contributed by atoms with van der Waals surface area (Å²) in [5, 5.41) is 13.6. The predicted octanol–water partition coefficient (Wildman–Crippen LogP) is 0.636. The Kier molecular flexibility index (Phi) is 4.14. The minimum atomic E-state index is -1.50. The van der Waals surface area contributed by atoms with Crippen LogP contribution in [0.4, 0.5) is 0 Å². The number of imidazole rings is 1. The van der Waals surface area contributed by atoms with Crippen molar-refractivity contribution in [3.63, 3.8) is 0 Å². The summed E-state index contributed by atoms with van der Waals surface area (Å²) in [5.74, 6) is 0. The van der Waals surface area contributed by atoms with Gasteiger partial charge in [0.1, 0.15) is 0 Å². The molecule has 1 heterocycles. The van der Waals surface area contributed by atoms with Crippen molar-refractivity contribution < 1.29 is 10.3 Å². The highest BCUT2D eigenvalue weighted by Crippen LogP contribution is 1.81. The molecule has 0 amide bonds. The maximum Gasteiger partial charge on any atom is 0.291 e. The SMILES string of the molecule is C=Cn1ccnc1.O=[N+]([O-])O. The maximum absolute atomic E-state index is 8.36. The fraction of sp³-hybridized carbons (Fsp3) is 0. The second-order valence-electron chi connectivity index (χ2n) is 1.43. The lowest BCUT2D eigenvalue weighted by molar-refractivity contribution is -0.742. The number of nitrogens with zero attached hydrogens (tertiary/aromatic N) is 3. The summed E-state index contributed by atoms with van der Waals surface area (Å²) in [4.78, 5) is 12.1. The monoisotopic (exact) mass is 157 g/mol. The van der Waals surface area contributed by atoms with Crippen LogP contribution in [-0.2, 0) is 0 Å². The van der Waals surface area contributed by atoms with E-state index in [2.05, 4.69) is 11.6 Å². The number of aromatic nitrogens is 2. The third-order valence-corrected chi connectivity index (χ3v) is 0.736. The van der Waals surface area contributed by atoms with Crippen molar-refractivity contribution >= 4 is 6.20 Å². The second-order valence-corrected chi connectivity index (χ2v) is 1.43. The lowest BCUT2D eigenvalue weighted by Gasteiger charge is -1.80. The van der Waals surface area contributed by atoms with Gasteiger partial charge in [0.25, 0.3) is 5.09 Å². The molecule has 6 heteroatoms. The van der Waals surface area contributed by atoms with Gasteiger partial charge in [0.05, 0.1) is 6.33 Å². The molecule has 0 saturated carbocycles. The molecule has 0 spiro atoms. The molecule has 1 rings (SSSR count). The van der Waals surface area contributed by atoms with E-state index in [0.29, 0.717) is 0 Å². The molecule has 6 nitrogen and oxygen atoms in total. The zero-order valence-electron chi connectivity index (χ0n) is 5.62. The molecule has 0 aliphatic heterocycles. The highest BCUT2D eigenvalue weighted by atomic mass is 16.9. The lowest BCUT2D eigenvalue weighted by atomic mass is 10.9. The first kappa shape index (κ1) is 9.15. The first-order chi connectivity index (χ1) is 5.16. The average Bonchev–Trinajstić information content (AvgIpc) is 2.36. The van der Waals surface area contributed by atoms with Crippen LogP contribution in [0.2, 0.25) is 0 Å². The van der Waals surface area contributed by atoms with E-state index in [4.69, 9.17) is 15.3 Å². The molecule has 0 fully saturated rings. The van der Waals surface area contributed by atoms with E-state index in [0.717, 1.165) is 0 Å². The van der Waals surface area contributed by atoms with Gasteiger partial charge in [0.15, 0.2) is 0 Å². The summed E-state index contributed by atoms with van der Waals surface area (Å²) in [6.45, 7) is 3.53. The van der Waals surface area contributed by atoms with Gasteiger partial charge in [-0.15, -0.1) is 10.1 Å². The summed E-state index contributed by atoms with van der Waals surface area (Å²) in [6, 6.07) is 0. The summed E-state index contributed by atoms with van der Waals surface area (Å²) in [6.07, 6.45) is 6.91.